The SMILES string of the molecule is N#Cc1ccnc(-n2nccc2OC2CCc3cc(Cl)ccc32)c1. The van der Waals surface area contributed by atoms with Crippen LogP contribution in [0, 0.1) is 11.3 Å². The second-order valence-electron chi connectivity index (χ2n) is 5.58. The first-order chi connectivity index (χ1) is 11.7. The summed E-state index contributed by atoms with van der Waals surface area (Å²) in [7, 11) is 0. The number of fused-ring (bicyclic) bond motifs is 1. The highest BCUT2D eigenvalue weighted by Crippen LogP contribution is 2.36. The molecule has 0 amide bonds. The molecule has 1 aliphatic rings. The quantitative estimate of drug-likeness (QED) is 0.728. The van der Waals surface area contributed by atoms with Crippen molar-refractivity contribution in [3.05, 3.63) is 70.5 Å². The number of halogens is 1. The lowest BCUT2D eigenvalue weighted by Crippen LogP contribution is -2.09. The van der Waals surface area contributed by atoms with Crippen LogP contribution in [-0.2, 0) is 6.42 Å². The van der Waals surface area contributed by atoms with Crippen LogP contribution in [0.4, 0.5) is 0 Å². The van der Waals surface area contributed by atoms with Gasteiger partial charge in [0.05, 0.1) is 17.8 Å². The van der Waals surface area contributed by atoms with E-state index in [-0.39, 0.29) is 6.10 Å². The predicted octanol–water partition coefficient (Wildman–Crippen LogP) is 3.86. The molecule has 0 saturated carbocycles. The fourth-order valence-corrected chi connectivity index (χ4v) is 3.17. The van der Waals surface area contributed by atoms with Gasteiger partial charge in [0.15, 0.2) is 5.82 Å². The molecule has 1 aromatic carbocycles. The molecule has 0 bridgehead atoms. The molecule has 2 aromatic heterocycles. The van der Waals surface area contributed by atoms with Crippen molar-refractivity contribution >= 4 is 11.6 Å². The Kier molecular flexibility index (Phi) is 3.68. The van der Waals surface area contributed by atoms with Gasteiger partial charge >= 0.3 is 0 Å². The molecule has 0 N–H and O–H groups in total. The largest absolute Gasteiger partial charge is 0.469 e. The van der Waals surface area contributed by atoms with Crippen LogP contribution in [-0.4, -0.2) is 14.8 Å². The molecule has 4 rings (SSSR count). The van der Waals surface area contributed by atoms with Crippen molar-refractivity contribution in [2.75, 3.05) is 0 Å². The third kappa shape index (κ3) is 2.61. The third-order valence-electron chi connectivity index (χ3n) is 4.09. The Balaban J connectivity index is 1.64. The highest BCUT2D eigenvalue weighted by Gasteiger charge is 2.25. The summed E-state index contributed by atoms with van der Waals surface area (Å²) in [5, 5.41) is 14.1. The molecule has 0 aliphatic heterocycles. The van der Waals surface area contributed by atoms with Crippen molar-refractivity contribution in [1.29, 1.82) is 5.26 Å². The number of aryl methyl sites for hydroxylation is 1. The second kappa shape index (κ2) is 5.99. The zero-order valence-corrected chi connectivity index (χ0v) is 13.4. The molecule has 0 fully saturated rings. The topological polar surface area (TPSA) is 63.7 Å². The summed E-state index contributed by atoms with van der Waals surface area (Å²) in [4.78, 5) is 4.27. The Morgan fingerprint density at radius 1 is 1.21 bits per heavy atom. The lowest BCUT2D eigenvalue weighted by atomic mass is 10.1. The van der Waals surface area contributed by atoms with E-state index in [0.717, 1.165) is 23.4 Å². The Hall–Kier alpha value is -2.84. The number of hydrogen-bond donors (Lipinski definition) is 0. The van der Waals surface area contributed by atoms with Crippen molar-refractivity contribution < 1.29 is 4.74 Å². The zero-order chi connectivity index (χ0) is 16.5. The lowest BCUT2D eigenvalue weighted by molar-refractivity contribution is 0.193. The normalized spacial score (nSPS) is 15.8. The van der Waals surface area contributed by atoms with Crippen molar-refractivity contribution in [3.8, 4) is 17.8 Å². The standard InChI is InChI=1S/C18H13ClN4O/c19-14-2-3-15-13(10-14)1-4-16(15)24-18-6-8-22-23(18)17-9-12(11-20)5-7-21-17/h2-3,5-10,16H,1,4H2. The molecule has 24 heavy (non-hydrogen) atoms. The molecule has 2 heterocycles. The Bertz CT molecular complexity index is 944. The van der Waals surface area contributed by atoms with Crippen molar-refractivity contribution in [2.45, 2.75) is 18.9 Å². The molecule has 1 unspecified atom stereocenters. The summed E-state index contributed by atoms with van der Waals surface area (Å²) in [5.41, 5.74) is 2.91. The number of nitriles is 1. The molecular weight excluding hydrogens is 324 g/mol. The first kappa shape index (κ1) is 14.7. The van der Waals surface area contributed by atoms with Crippen molar-refractivity contribution in [1.82, 2.24) is 14.8 Å². The van der Waals surface area contributed by atoms with Crippen LogP contribution in [0.2, 0.25) is 5.02 Å². The van der Waals surface area contributed by atoms with Gasteiger partial charge in [-0.1, -0.05) is 17.7 Å². The van der Waals surface area contributed by atoms with E-state index in [2.05, 4.69) is 16.2 Å². The fourth-order valence-electron chi connectivity index (χ4n) is 2.97. The van der Waals surface area contributed by atoms with Gasteiger partial charge in [0.25, 0.3) is 0 Å². The summed E-state index contributed by atoms with van der Waals surface area (Å²) in [6.07, 6.45) is 5.05. The van der Waals surface area contributed by atoms with Gasteiger partial charge in [-0.25, -0.2) is 4.98 Å². The predicted molar refractivity (Wildman–Crippen MR) is 89.2 cm³/mol. The van der Waals surface area contributed by atoms with Crippen molar-refractivity contribution in [3.63, 3.8) is 0 Å². The van der Waals surface area contributed by atoms with Crippen molar-refractivity contribution in [2.24, 2.45) is 0 Å². The molecule has 118 valence electrons. The average Bonchev–Trinajstić information content (AvgIpc) is 3.22. The van der Waals surface area contributed by atoms with E-state index in [0.29, 0.717) is 17.3 Å². The van der Waals surface area contributed by atoms with Gasteiger partial charge in [-0.15, -0.1) is 0 Å². The minimum absolute atomic E-state index is 0.0353. The monoisotopic (exact) mass is 336 g/mol. The van der Waals surface area contributed by atoms with E-state index in [9.17, 15) is 0 Å². The number of ether oxygens (including phenoxy) is 1. The minimum atomic E-state index is -0.0353. The number of hydrogen-bond acceptors (Lipinski definition) is 4. The number of pyridine rings is 1. The fraction of sp³-hybridized carbons (Fsp3) is 0.167. The summed E-state index contributed by atoms with van der Waals surface area (Å²) in [6.45, 7) is 0. The van der Waals surface area contributed by atoms with Crippen LogP contribution in [0.5, 0.6) is 5.88 Å². The Labute approximate surface area is 144 Å². The van der Waals surface area contributed by atoms with E-state index >= 15 is 0 Å². The van der Waals surface area contributed by atoms with Gasteiger partial charge in [-0.05, 0) is 42.2 Å². The highest BCUT2D eigenvalue weighted by molar-refractivity contribution is 6.30. The van der Waals surface area contributed by atoms with E-state index < -0.39 is 0 Å². The molecule has 5 nitrogen and oxygen atoms in total. The summed E-state index contributed by atoms with van der Waals surface area (Å²) >= 11 is 6.06. The Morgan fingerprint density at radius 3 is 3.00 bits per heavy atom. The molecule has 6 heteroatoms. The maximum Gasteiger partial charge on any atom is 0.218 e. The maximum atomic E-state index is 9.04. The average molecular weight is 337 g/mol. The molecule has 0 spiro atoms. The number of rotatable bonds is 3. The van der Waals surface area contributed by atoms with E-state index in [4.69, 9.17) is 21.6 Å². The summed E-state index contributed by atoms with van der Waals surface area (Å²) in [5.74, 6) is 1.16. The van der Waals surface area contributed by atoms with Gasteiger partial charge in [0, 0.05) is 23.4 Å². The Morgan fingerprint density at radius 2 is 2.12 bits per heavy atom. The zero-order valence-electron chi connectivity index (χ0n) is 12.7. The number of benzene rings is 1. The number of nitrogens with zero attached hydrogens (tertiary/aromatic N) is 4. The molecular formula is C18H13ClN4O. The van der Waals surface area contributed by atoms with Crippen LogP contribution in [0.15, 0.2) is 48.8 Å². The van der Waals surface area contributed by atoms with Gasteiger partial charge in [0.2, 0.25) is 5.88 Å². The third-order valence-corrected chi connectivity index (χ3v) is 4.33. The molecule has 0 saturated heterocycles. The van der Waals surface area contributed by atoms with Gasteiger partial charge in [-0.3, -0.25) is 0 Å². The van der Waals surface area contributed by atoms with E-state index in [1.165, 1.54) is 5.56 Å². The summed E-state index contributed by atoms with van der Waals surface area (Å²) in [6, 6.07) is 13.1. The molecule has 0 radical (unpaired) electrons. The first-order valence-electron chi connectivity index (χ1n) is 7.60. The van der Waals surface area contributed by atoms with Crippen LogP contribution >= 0.6 is 11.6 Å². The van der Waals surface area contributed by atoms with Gasteiger partial charge in [-0.2, -0.15) is 15.0 Å². The molecule has 1 atom stereocenters. The van der Waals surface area contributed by atoms with Crippen LogP contribution in [0.1, 0.15) is 29.2 Å². The van der Waals surface area contributed by atoms with Crippen LogP contribution in [0.25, 0.3) is 5.82 Å². The maximum absolute atomic E-state index is 9.04. The van der Waals surface area contributed by atoms with Crippen LogP contribution in [0.3, 0.4) is 0 Å². The van der Waals surface area contributed by atoms with E-state index in [1.54, 1.807) is 35.3 Å². The summed E-state index contributed by atoms with van der Waals surface area (Å²) < 4.78 is 7.78. The lowest BCUT2D eigenvalue weighted by Gasteiger charge is -2.15. The highest BCUT2D eigenvalue weighted by atomic mass is 35.5. The first-order valence-corrected chi connectivity index (χ1v) is 7.98. The minimum Gasteiger partial charge on any atom is -0.469 e. The molecule has 3 aromatic rings. The van der Waals surface area contributed by atoms with Gasteiger partial charge < -0.3 is 4.74 Å². The van der Waals surface area contributed by atoms with Crippen LogP contribution < -0.4 is 4.74 Å². The molecule has 1 aliphatic carbocycles. The smallest absolute Gasteiger partial charge is 0.218 e. The van der Waals surface area contributed by atoms with E-state index in [1.807, 2.05) is 18.2 Å². The number of aromatic nitrogens is 3. The van der Waals surface area contributed by atoms with Gasteiger partial charge in [0.1, 0.15) is 6.10 Å². The second-order valence-corrected chi connectivity index (χ2v) is 6.02.